The van der Waals surface area contributed by atoms with E-state index in [1.165, 1.54) is 0 Å². The molecule has 2 amide bonds. The number of hydrogen-bond donors (Lipinski definition) is 0. The molecule has 4 aliphatic heterocycles. The molecule has 10 heteroatoms. The first-order valence-electron chi connectivity index (χ1n) is 20.1. The molecule has 6 atom stereocenters. The summed E-state index contributed by atoms with van der Waals surface area (Å²) in [4.78, 5) is 44.5. The monoisotopic (exact) mass is 780 g/mol. The lowest BCUT2D eigenvalue weighted by molar-refractivity contribution is -0.137. The van der Waals surface area contributed by atoms with E-state index in [9.17, 15) is 18.4 Å². The molecule has 0 bridgehead atoms. The number of alkyl halides is 2. The van der Waals surface area contributed by atoms with Crippen LogP contribution in [0.1, 0.15) is 60.0 Å². The lowest BCUT2D eigenvalue weighted by atomic mass is 9.94. The fourth-order valence-corrected chi connectivity index (χ4v) is 9.01. The Bertz CT molecular complexity index is 2090. The third-order valence-corrected chi connectivity index (χ3v) is 11.9. The van der Waals surface area contributed by atoms with E-state index in [0.717, 1.165) is 56.0 Å². The topological polar surface area (TPSA) is 71.8 Å². The zero-order chi connectivity index (χ0) is 40.5. The van der Waals surface area contributed by atoms with Crippen LogP contribution in [-0.4, -0.2) is 109 Å². The van der Waals surface area contributed by atoms with Crippen LogP contribution in [0.4, 0.5) is 8.78 Å². The second kappa shape index (κ2) is 16.7. The maximum atomic E-state index is 15.0. The van der Waals surface area contributed by atoms with Gasteiger partial charge in [0.15, 0.2) is 0 Å². The van der Waals surface area contributed by atoms with Crippen molar-refractivity contribution in [1.82, 2.24) is 19.6 Å². The molecule has 298 valence electrons. The molecule has 0 spiro atoms. The maximum absolute atomic E-state index is 15.0. The molecule has 4 aromatic carbocycles. The van der Waals surface area contributed by atoms with Gasteiger partial charge in [-0.1, -0.05) is 109 Å². The van der Waals surface area contributed by atoms with E-state index in [1.54, 1.807) is 9.80 Å². The molecule has 0 aromatic heterocycles. The summed E-state index contributed by atoms with van der Waals surface area (Å²) >= 11 is 0. The van der Waals surface area contributed by atoms with Crippen molar-refractivity contribution in [2.24, 2.45) is 9.98 Å². The van der Waals surface area contributed by atoms with E-state index in [4.69, 9.17) is 9.98 Å². The van der Waals surface area contributed by atoms with Crippen molar-refractivity contribution in [3.8, 4) is 11.1 Å². The fourth-order valence-electron chi connectivity index (χ4n) is 9.01. The Kier molecular flexibility index (Phi) is 11.3. The van der Waals surface area contributed by atoms with Crippen LogP contribution in [0, 0.1) is 0 Å². The number of amides is 2. The van der Waals surface area contributed by atoms with Gasteiger partial charge in [-0.2, -0.15) is 0 Å². The number of rotatable bonds is 11. The largest absolute Gasteiger partial charge is 0.330 e. The molecule has 4 aliphatic rings. The normalized spacial score (nSPS) is 22.9. The number of allylic oxidation sites excluding steroid dienone is 2. The Hall–Kier alpha value is -5.58. The summed E-state index contributed by atoms with van der Waals surface area (Å²) in [6, 6.07) is 34.3. The minimum atomic E-state index is -1.09. The number of likely N-dealkylation sites (tertiary alicyclic amines) is 2. The van der Waals surface area contributed by atoms with Gasteiger partial charge < -0.3 is 9.80 Å². The highest BCUT2D eigenvalue weighted by atomic mass is 19.1. The smallest absolute Gasteiger partial charge is 0.245 e. The molecule has 0 aliphatic carbocycles. The number of likely N-dealkylation sites (N-methyl/N-ethyl adjacent to an activating group) is 2. The Morgan fingerprint density at radius 1 is 0.552 bits per heavy atom. The predicted molar refractivity (Wildman–Crippen MR) is 228 cm³/mol. The highest BCUT2D eigenvalue weighted by Gasteiger charge is 2.43. The summed E-state index contributed by atoms with van der Waals surface area (Å²) in [5, 5.41) is 0. The number of aliphatic imine (C=N–C) groups is 2. The van der Waals surface area contributed by atoms with E-state index < -0.39 is 24.4 Å². The van der Waals surface area contributed by atoms with E-state index in [2.05, 4.69) is 48.5 Å². The van der Waals surface area contributed by atoms with Gasteiger partial charge in [0.05, 0.1) is 25.2 Å². The Balaban J connectivity index is 0.888. The number of carbonyl (C=O) groups is 2. The molecule has 58 heavy (non-hydrogen) atoms. The van der Waals surface area contributed by atoms with Crippen molar-refractivity contribution in [1.29, 1.82) is 0 Å². The van der Waals surface area contributed by atoms with E-state index >= 15 is 0 Å². The van der Waals surface area contributed by atoms with Crippen LogP contribution >= 0.6 is 0 Å². The van der Waals surface area contributed by atoms with Crippen LogP contribution in [0.2, 0.25) is 0 Å². The number of benzene rings is 4. The van der Waals surface area contributed by atoms with Crippen LogP contribution < -0.4 is 0 Å². The van der Waals surface area contributed by atoms with Crippen LogP contribution in [0.25, 0.3) is 22.3 Å². The first kappa shape index (κ1) is 39.3. The Morgan fingerprint density at radius 2 is 0.897 bits per heavy atom. The zero-order valence-electron chi connectivity index (χ0n) is 33.5. The summed E-state index contributed by atoms with van der Waals surface area (Å²) in [7, 11) is 7.51. The number of nitrogens with zero attached hydrogens (tertiary/aromatic N) is 6. The molecule has 0 saturated carbocycles. The molecular formula is C48H50F2N6O2. The zero-order valence-corrected chi connectivity index (χ0v) is 33.5. The van der Waals surface area contributed by atoms with Crippen molar-refractivity contribution in [2.45, 2.75) is 62.2 Å². The van der Waals surface area contributed by atoms with E-state index in [-0.39, 0.29) is 49.8 Å². The standard InChI is InChI=1S/C48H50F2N6O2/c1-53(2)45(35-11-7-5-8-12-35)47(57)55-29-39(49)25-43(55)41-23-37(27-51-41)33-19-15-31(16-20-33)32-17-21-34(22-18-32)38-24-42(52-28-38)44-26-40(50)30-56(44)48(58)46(54(3)4)36-13-9-6-10-14-36/h5-22,27-28,39-40,43-46H,23-26,29-30H2,1-4H3/t39-,40-,43-,44-,45+,46+/m0/s1. The summed E-state index contributed by atoms with van der Waals surface area (Å²) in [6.07, 6.45) is 3.16. The van der Waals surface area contributed by atoms with Gasteiger partial charge in [0.25, 0.3) is 0 Å². The molecule has 4 aromatic rings. The molecule has 0 radical (unpaired) electrons. The van der Waals surface area contributed by atoms with Crippen LogP contribution in [0.3, 0.4) is 0 Å². The van der Waals surface area contributed by atoms with Gasteiger partial charge in [0.2, 0.25) is 11.8 Å². The van der Waals surface area contributed by atoms with Crippen molar-refractivity contribution in [3.05, 3.63) is 144 Å². The lowest BCUT2D eigenvalue weighted by Gasteiger charge is -2.32. The molecule has 4 heterocycles. The van der Waals surface area contributed by atoms with Gasteiger partial charge in [-0.3, -0.25) is 29.4 Å². The van der Waals surface area contributed by atoms with Gasteiger partial charge in [0, 0.05) is 49.5 Å². The predicted octanol–water partition coefficient (Wildman–Crippen LogP) is 8.21. The minimum Gasteiger partial charge on any atom is -0.330 e. The number of carbonyl (C=O) groups excluding carboxylic acids is 2. The van der Waals surface area contributed by atoms with E-state index in [1.807, 2.05) is 111 Å². The first-order chi connectivity index (χ1) is 28.0. The highest BCUT2D eigenvalue weighted by molar-refractivity contribution is 6.05. The van der Waals surface area contributed by atoms with Crippen molar-refractivity contribution in [3.63, 3.8) is 0 Å². The van der Waals surface area contributed by atoms with Gasteiger partial charge in [-0.25, -0.2) is 8.78 Å². The van der Waals surface area contributed by atoms with Crippen molar-refractivity contribution in [2.75, 3.05) is 41.3 Å². The first-order valence-corrected chi connectivity index (χ1v) is 20.1. The fraction of sp³-hybridized carbons (Fsp3) is 0.333. The van der Waals surface area contributed by atoms with Crippen LogP contribution in [0.5, 0.6) is 0 Å². The second-order valence-electron chi connectivity index (χ2n) is 16.3. The molecule has 8 nitrogen and oxygen atoms in total. The summed E-state index contributed by atoms with van der Waals surface area (Å²) in [6.45, 7) is 0.139. The van der Waals surface area contributed by atoms with Gasteiger partial charge in [0.1, 0.15) is 24.4 Å². The third-order valence-electron chi connectivity index (χ3n) is 11.9. The highest BCUT2D eigenvalue weighted by Crippen LogP contribution is 2.36. The minimum absolute atomic E-state index is 0.0697. The molecule has 8 rings (SSSR count). The van der Waals surface area contributed by atoms with Gasteiger partial charge >= 0.3 is 0 Å². The summed E-state index contributed by atoms with van der Waals surface area (Å²) < 4.78 is 29.9. The van der Waals surface area contributed by atoms with Crippen molar-refractivity contribution < 1.29 is 18.4 Å². The van der Waals surface area contributed by atoms with Crippen LogP contribution in [-0.2, 0) is 9.59 Å². The SMILES string of the molecule is CN(C)[C@@H](C(=O)N1C[C@@H](F)C[C@H]1C1=NC=C(c2ccc(-c3ccc(C4=CN=C([C@@H]5C[C@H](F)CN5C(=O)[C@@H](c5ccccc5)N(C)C)C4)cc3)cc2)C1)c1ccccc1. The average molecular weight is 781 g/mol. The summed E-state index contributed by atoms with van der Waals surface area (Å²) in [5.74, 6) is -0.213. The second-order valence-corrected chi connectivity index (χ2v) is 16.3. The molecular weight excluding hydrogens is 731 g/mol. The average Bonchev–Trinajstić information content (AvgIpc) is 4.06. The quantitative estimate of drug-likeness (QED) is 0.154. The Morgan fingerprint density at radius 3 is 1.24 bits per heavy atom. The summed E-state index contributed by atoms with van der Waals surface area (Å²) in [5.41, 5.74) is 9.72. The lowest BCUT2D eigenvalue weighted by Crippen LogP contribution is -2.45. The number of hydrogen-bond acceptors (Lipinski definition) is 6. The molecule has 0 N–H and O–H groups in total. The Labute approximate surface area is 339 Å². The third kappa shape index (κ3) is 7.95. The number of halogens is 2. The molecule has 2 saturated heterocycles. The maximum Gasteiger partial charge on any atom is 0.245 e. The molecule has 0 unspecified atom stereocenters. The van der Waals surface area contributed by atoms with Crippen molar-refractivity contribution >= 4 is 34.4 Å². The van der Waals surface area contributed by atoms with Gasteiger partial charge in [-0.05, 0) is 72.7 Å². The molecule has 2 fully saturated rings. The van der Waals surface area contributed by atoms with E-state index in [0.29, 0.717) is 12.8 Å². The van der Waals surface area contributed by atoms with Crippen LogP contribution in [0.15, 0.2) is 132 Å². The van der Waals surface area contributed by atoms with Gasteiger partial charge in [-0.15, -0.1) is 0 Å².